The van der Waals surface area contributed by atoms with E-state index in [1.807, 2.05) is 0 Å². The number of benzene rings is 3. The van der Waals surface area contributed by atoms with Crippen molar-refractivity contribution in [1.82, 2.24) is 0 Å². The molecule has 2 N–H and O–H groups in total. The summed E-state index contributed by atoms with van der Waals surface area (Å²) in [5.74, 6) is -2.80. The first-order valence-corrected chi connectivity index (χ1v) is 15.8. The molecule has 0 radical (unpaired) electrons. The largest absolute Gasteiger partial charge is 1.00 e. The van der Waals surface area contributed by atoms with Gasteiger partial charge >= 0.3 is 59.1 Å². The maximum Gasteiger partial charge on any atom is 1.00 e. The van der Waals surface area contributed by atoms with Gasteiger partial charge in [-0.3, -0.25) is 0 Å². The number of hydrogen-bond donors (Lipinski definition) is 2. The van der Waals surface area contributed by atoms with Gasteiger partial charge in [-0.15, -0.1) is 0 Å². The number of phenolic OH excluding ortho intramolecular Hbond substituents is 2. The Balaban J connectivity index is 0.00000294. The molecule has 11 nitrogen and oxygen atoms in total. The van der Waals surface area contributed by atoms with Crippen LogP contribution in [0.1, 0.15) is 67.3 Å². The van der Waals surface area contributed by atoms with Crippen molar-refractivity contribution in [3.63, 3.8) is 0 Å². The first-order chi connectivity index (χ1) is 17.8. The van der Waals surface area contributed by atoms with Crippen LogP contribution in [0.2, 0.25) is 0 Å². The second-order valence-corrected chi connectivity index (χ2v) is 14.0. The number of aromatic hydroxyl groups is 2. The molecule has 4 rings (SSSR count). The summed E-state index contributed by atoms with van der Waals surface area (Å²) >= 11 is 0. The number of rotatable bonds is 6. The van der Waals surface area contributed by atoms with Crippen LogP contribution in [-0.2, 0) is 40.1 Å². The fourth-order valence-corrected chi connectivity index (χ4v) is 7.41. The van der Waals surface area contributed by atoms with E-state index in [9.17, 15) is 44.6 Å². The molecule has 1 aliphatic rings. The van der Waals surface area contributed by atoms with E-state index in [0.29, 0.717) is 0 Å². The van der Waals surface area contributed by atoms with Crippen LogP contribution >= 0.6 is 0 Å². The summed E-state index contributed by atoms with van der Waals surface area (Å²) in [6, 6.07) is 9.45. The Morgan fingerprint density at radius 2 is 1.15 bits per heavy atom. The summed E-state index contributed by atoms with van der Waals surface area (Å²) < 4.78 is 105. The standard InChI is InChI=1S/C25H26O11S3.2Na/c1-13(2)17-9-15(11-21(23(17)26)37(28,29)30)25(19-7-5-6-8-20(19)39(34,35)36-25)16-10-18(14(3)4)24(27)22(12-16)38(31,32)33;;/h5-14,26-27H,1-4H3,(H,28,29,30)(H,31,32,33);;/q;2*+1/p-2. The molecule has 0 spiro atoms. The van der Waals surface area contributed by atoms with Crippen LogP contribution in [0.25, 0.3) is 0 Å². The van der Waals surface area contributed by atoms with Gasteiger partial charge in [-0.25, -0.2) is 21.0 Å². The average molecular weight is 643 g/mol. The van der Waals surface area contributed by atoms with E-state index in [1.165, 1.54) is 36.4 Å². The van der Waals surface area contributed by atoms with Gasteiger partial charge in [-0.1, -0.05) is 45.9 Å². The van der Waals surface area contributed by atoms with Gasteiger partial charge in [0, 0.05) is 5.56 Å². The normalized spacial score (nSPS) is 15.7. The van der Waals surface area contributed by atoms with Crippen molar-refractivity contribution in [2.45, 2.75) is 59.8 Å². The van der Waals surface area contributed by atoms with Gasteiger partial charge in [0.1, 0.15) is 36.6 Å². The zero-order valence-electron chi connectivity index (χ0n) is 23.1. The number of phenols is 2. The Labute approximate surface area is 283 Å². The van der Waals surface area contributed by atoms with Crippen molar-refractivity contribution < 1.29 is 108 Å². The Hall–Kier alpha value is -1.01. The summed E-state index contributed by atoms with van der Waals surface area (Å²) in [6.07, 6.45) is 0. The van der Waals surface area contributed by atoms with Crippen LogP contribution in [-0.4, -0.2) is 44.6 Å². The molecule has 0 aromatic heterocycles. The van der Waals surface area contributed by atoms with Gasteiger partial charge in [-0.2, -0.15) is 8.42 Å². The van der Waals surface area contributed by atoms with E-state index in [4.69, 9.17) is 4.18 Å². The Morgan fingerprint density at radius 3 is 1.51 bits per heavy atom. The van der Waals surface area contributed by atoms with Crippen molar-refractivity contribution in [2.24, 2.45) is 0 Å². The van der Waals surface area contributed by atoms with Crippen LogP contribution in [0.3, 0.4) is 0 Å². The quantitative estimate of drug-likeness (QED) is 0.160. The monoisotopic (exact) mass is 642 g/mol. The molecule has 0 unspecified atom stereocenters. The minimum absolute atomic E-state index is 0. The predicted octanol–water partition coefficient (Wildman–Crippen LogP) is -2.83. The second kappa shape index (κ2) is 12.2. The molecule has 16 heteroatoms. The van der Waals surface area contributed by atoms with Crippen LogP contribution in [0, 0.1) is 0 Å². The van der Waals surface area contributed by atoms with Crippen molar-refractivity contribution in [1.29, 1.82) is 0 Å². The molecule has 0 bridgehead atoms. The molecule has 3 aromatic carbocycles. The second-order valence-electron chi connectivity index (χ2n) is 9.76. The molecule has 210 valence electrons. The van der Waals surface area contributed by atoms with E-state index in [1.54, 1.807) is 27.7 Å². The van der Waals surface area contributed by atoms with Crippen LogP contribution in [0.15, 0.2) is 63.2 Å². The molecule has 0 fully saturated rings. The number of hydrogen-bond acceptors (Lipinski definition) is 11. The van der Waals surface area contributed by atoms with Crippen molar-refractivity contribution in [2.75, 3.05) is 0 Å². The summed E-state index contributed by atoms with van der Waals surface area (Å²) in [6.45, 7) is 6.36. The summed E-state index contributed by atoms with van der Waals surface area (Å²) in [5.41, 5.74) is -2.96. The van der Waals surface area contributed by atoms with Gasteiger partial charge in [-0.05, 0) is 64.4 Å². The molecule has 0 aliphatic carbocycles. The predicted molar refractivity (Wildman–Crippen MR) is 135 cm³/mol. The van der Waals surface area contributed by atoms with Gasteiger partial charge in [0.15, 0.2) is 5.60 Å². The van der Waals surface area contributed by atoms with Gasteiger partial charge < -0.3 is 19.3 Å². The topological polar surface area (TPSA) is 198 Å². The molecule has 0 saturated carbocycles. The van der Waals surface area contributed by atoms with E-state index >= 15 is 0 Å². The third kappa shape index (κ3) is 6.30. The molecule has 3 aromatic rings. The number of fused-ring (bicyclic) bond motifs is 1. The molecule has 0 atom stereocenters. The molecular formula is C25H24Na2O11S3. The molecule has 41 heavy (non-hydrogen) atoms. The maximum absolute atomic E-state index is 13.3. The Morgan fingerprint density at radius 1 is 0.756 bits per heavy atom. The van der Waals surface area contributed by atoms with Crippen molar-refractivity contribution in [3.8, 4) is 11.5 Å². The van der Waals surface area contributed by atoms with Crippen LogP contribution in [0.5, 0.6) is 11.5 Å². The summed E-state index contributed by atoms with van der Waals surface area (Å²) in [5, 5.41) is 21.3. The zero-order chi connectivity index (χ0) is 29.3. The first-order valence-electron chi connectivity index (χ1n) is 11.5. The molecule has 1 aliphatic heterocycles. The van der Waals surface area contributed by atoms with Crippen molar-refractivity contribution >= 4 is 30.4 Å². The van der Waals surface area contributed by atoms with E-state index in [0.717, 1.165) is 12.1 Å². The van der Waals surface area contributed by atoms with E-state index in [2.05, 4.69) is 0 Å². The van der Waals surface area contributed by atoms with Gasteiger partial charge in [0.05, 0.1) is 9.79 Å². The fourth-order valence-electron chi connectivity index (χ4n) is 4.73. The minimum Gasteiger partial charge on any atom is -0.744 e. The van der Waals surface area contributed by atoms with E-state index < -0.39 is 69.1 Å². The van der Waals surface area contributed by atoms with E-state index in [-0.39, 0.29) is 91.8 Å². The molecule has 0 saturated heterocycles. The fraction of sp³-hybridized carbons (Fsp3) is 0.280. The minimum atomic E-state index is -5.31. The first kappa shape index (κ1) is 36.2. The van der Waals surface area contributed by atoms with Crippen LogP contribution < -0.4 is 59.1 Å². The van der Waals surface area contributed by atoms with Crippen LogP contribution in [0.4, 0.5) is 0 Å². The average Bonchev–Trinajstić information content (AvgIpc) is 3.05. The third-order valence-corrected chi connectivity index (χ3v) is 9.64. The Bertz CT molecular complexity index is 1740. The summed E-state index contributed by atoms with van der Waals surface area (Å²) in [4.78, 5) is -2.43. The van der Waals surface area contributed by atoms with Gasteiger partial charge in [0.25, 0.3) is 10.1 Å². The smallest absolute Gasteiger partial charge is 0.744 e. The molecular weight excluding hydrogens is 618 g/mol. The molecule has 1 heterocycles. The van der Waals surface area contributed by atoms with Gasteiger partial charge in [0.2, 0.25) is 0 Å². The third-order valence-electron chi connectivity index (χ3n) is 6.58. The van der Waals surface area contributed by atoms with Crippen molar-refractivity contribution in [3.05, 3.63) is 76.3 Å². The summed E-state index contributed by atoms with van der Waals surface area (Å²) in [7, 11) is -15.2. The Kier molecular flexibility index (Phi) is 10.7. The SMILES string of the molecule is CC(C)c1cc(C2(c3cc(C(C)C)c(O)c(S(=O)(=O)[O-])c3)OS(=O)(=O)c3ccccc32)cc(S(=O)(=O)[O-])c1O.[Na+].[Na+]. The zero-order valence-corrected chi connectivity index (χ0v) is 29.5. The molecule has 0 amide bonds. The maximum atomic E-state index is 13.3.